The number of alkyl halides is 3. The van der Waals surface area contributed by atoms with Crippen molar-refractivity contribution in [2.45, 2.75) is 12.7 Å². The van der Waals surface area contributed by atoms with Gasteiger partial charge in [0.25, 0.3) is 0 Å². The van der Waals surface area contributed by atoms with Gasteiger partial charge in [-0.3, -0.25) is 4.79 Å². The summed E-state index contributed by atoms with van der Waals surface area (Å²) in [4.78, 5) is 11.3. The Morgan fingerprint density at radius 1 is 1.53 bits per heavy atom. The summed E-state index contributed by atoms with van der Waals surface area (Å²) in [7, 11) is 0. The van der Waals surface area contributed by atoms with E-state index in [9.17, 15) is 18.0 Å². The molecule has 1 aromatic rings. The molecule has 0 fully saturated rings. The molecule has 0 radical (unpaired) electrons. The number of hydrogen-bond acceptors (Lipinski definition) is 3. The Morgan fingerprint density at radius 3 is 2.67 bits per heavy atom. The zero-order chi connectivity index (χ0) is 11.5. The van der Waals surface area contributed by atoms with Crippen molar-refractivity contribution >= 4 is 17.2 Å². The quantitative estimate of drug-likeness (QED) is 0.835. The second-order valence-electron chi connectivity index (χ2n) is 2.88. The Hall–Kier alpha value is -1.08. The van der Waals surface area contributed by atoms with Crippen LogP contribution in [0.4, 0.5) is 13.2 Å². The molecular weight excluding hydrogens is 229 g/mol. The maximum absolute atomic E-state index is 11.8. The molecule has 7 heteroatoms. The summed E-state index contributed by atoms with van der Waals surface area (Å²) < 4.78 is 35.3. The molecule has 3 nitrogen and oxygen atoms in total. The number of nitrogens with two attached hydrogens (primary N) is 1. The van der Waals surface area contributed by atoms with Crippen molar-refractivity contribution in [1.82, 2.24) is 5.32 Å². The second-order valence-corrected chi connectivity index (χ2v) is 3.88. The highest BCUT2D eigenvalue weighted by Gasteiger charge is 2.26. The van der Waals surface area contributed by atoms with Gasteiger partial charge in [0.2, 0.25) is 5.91 Å². The third-order valence-corrected chi connectivity index (χ3v) is 2.50. The number of halogens is 3. The van der Waals surface area contributed by atoms with Crippen LogP contribution in [-0.2, 0) is 6.54 Å². The lowest BCUT2D eigenvalue weighted by Gasteiger charge is -2.06. The summed E-state index contributed by atoms with van der Waals surface area (Å²) in [6.07, 6.45) is -4.22. The number of carbonyl (C=O) groups excluding carboxylic acids is 1. The zero-order valence-electron chi connectivity index (χ0n) is 7.60. The highest BCUT2D eigenvalue weighted by atomic mass is 32.1. The molecule has 0 saturated heterocycles. The van der Waals surface area contributed by atoms with Crippen molar-refractivity contribution in [3.05, 3.63) is 21.9 Å². The van der Waals surface area contributed by atoms with E-state index in [1.807, 2.05) is 0 Å². The molecule has 0 bridgehead atoms. The summed E-state index contributed by atoms with van der Waals surface area (Å²) in [5.41, 5.74) is 5.32. The first-order valence-electron chi connectivity index (χ1n) is 4.03. The molecule has 3 N–H and O–H groups in total. The van der Waals surface area contributed by atoms with E-state index in [4.69, 9.17) is 5.73 Å². The molecular formula is C8H9F3N2OS. The van der Waals surface area contributed by atoms with E-state index in [0.29, 0.717) is 10.4 Å². The van der Waals surface area contributed by atoms with Gasteiger partial charge in [0.05, 0.1) is 12.1 Å². The van der Waals surface area contributed by atoms with Crippen molar-refractivity contribution in [2.24, 2.45) is 5.73 Å². The molecule has 0 spiro atoms. The van der Waals surface area contributed by atoms with Gasteiger partial charge >= 0.3 is 6.18 Å². The van der Waals surface area contributed by atoms with E-state index in [1.54, 1.807) is 0 Å². The molecule has 1 amide bonds. The van der Waals surface area contributed by atoms with Crippen molar-refractivity contribution in [2.75, 3.05) is 6.54 Å². The minimum atomic E-state index is -4.22. The Kier molecular flexibility index (Phi) is 3.70. The highest BCUT2D eigenvalue weighted by molar-refractivity contribution is 7.10. The average molecular weight is 238 g/mol. The maximum Gasteiger partial charge on any atom is 0.401 e. The lowest BCUT2D eigenvalue weighted by molar-refractivity contribution is -0.125. The molecule has 0 unspecified atom stereocenters. The number of carbonyl (C=O) groups is 1. The SMILES string of the molecule is NC(=O)c1csc(CNCC(F)(F)F)c1. The van der Waals surface area contributed by atoms with E-state index in [2.05, 4.69) is 5.32 Å². The van der Waals surface area contributed by atoms with Gasteiger partial charge in [-0.2, -0.15) is 13.2 Å². The van der Waals surface area contributed by atoms with Gasteiger partial charge in [-0.1, -0.05) is 0 Å². The minimum Gasteiger partial charge on any atom is -0.366 e. The lowest BCUT2D eigenvalue weighted by atomic mass is 10.3. The predicted octanol–water partition coefficient (Wildman–Crippen LogP) is 1.50. The summed E-state index contributed by atoms with van der Waals surface area (Å²) >= 11 is 1.20. The van der Waals surface area contributed by atoms with Gasteiger partial charge < -0.3 is 11.1 Å². The molecule has 1 aromatic heterocycles. The van der Waals surface area contributed by atoms with Crippen LogP contribution in [0, 0.1) is 0 Å². The Labute approximate surface area is 88.1 Å². The van der Waals surface area contributed by atoms with Gasteiger partial charge in [-0.15, -0.1) is 11.3 Å². The molecule has 0 aliphatic heterocycles. The standard InChI is InChI=1S/C8H9F3N2OS/c9-8(10,11)4-13-2-6-1-5(3-15-6)7(12)14/h1,3,13H,2,4H2,(H2,12,14). The summed E-state index contributed by atoms with van der Waals surface area (Å²) in [6.45, 7) is -0.964. The monoisotopic (exact) mass is 238 g/mol. The Balaban J connectivity index is 2.41. The van der Waals surface area contributed by atoms with Crippen LogP contribution in [0.2, 0.25) is 0 Å². The van der Waals surface area contributed by atoms with Crippen LogP contribution in [0.25, 0.3) is 0 Å². The molecule has 0 saturated carbocycles. The van der Waals surface area contributed by atoms with Crippen LogP contribution in [0.1, 0.15) is 15.2 Å². The number of primary amides is 1. The van der Waals surface area contributed by atoms with E-state index < -0.39 is 18.6 Å². The van der Waals surface area contributed by atoms with E-state index in [-0.39, 0.29) is 6.54 Å². The number of nitrogens with one attached hydrogen (secondary N) is 1. The lowest BCUT2D eigenvalue weighted by Crippen LogP contribution is -2.27. The zero-order valence-corrected chi connectivity index (χ0v) is 8.41. The maximum atomic E-state index is 11.8. The highest BCUT2D eigenvalue weighted by Crippen LogP contribution is 2.16. The van der Waals surface area contributed by atoms with Crippen molar-refractivity contribution in [3.63, 3.8) is 0 Å². The van der Waals surface area contributed by atoms with Crippen LogP contribution in [0.5, 0.6) is 0 Å². The van der Waals surface area contributed by atoms with E-state index >= 15 is 0 Å². The minimum absolute atomic E-state index is 0.0808. The number of amides is 1. The first-order valence-corrected chi connectivity index (χ1v) is 4.91. The van der Waals surface area contributed by atoms with Crippen molar-refractivity contribution < 1.29 is 18.0 Å². The first-order chi connectivity index (χ1) is 6.88. The molecule has 0 aliphatic rings. The normalized spacial score (nSPS) is 11.7. The fourth-order valence-corrected chi connectivity index (χ4v) is 1.77. The Morgan fingerprint density at radius 2 is 2.20 bits per heavy atom. The van der Waals surface area contributed by atoms with Gasteiger partial charge in [0, 0.05) is 16.8 Å². The summed E-state index contributed by atoms with van der Waals surface area (Å²) in [5, 5.41) is 3.75. The van der Waals surface area contributed by atoms with E-state index in [0.717, 1.165) is 0 Å². The van der Waals surface area contributed by atoms with Crippen molar-refractivity contribution in [1.29, 1.82) is 0 Å². The second kappa shape index (κ2) is 4.63. The Bertz CT molecular complexity index is 348. The molecule has 1 rings (SSSR count). The first kappa shape index (κ1) is 12.0. The average Bonchev–Trinajstić information content (AvgIpc) is 2.50. The van der Waals surface area contributed by atoms with Gasteiger partial charge in [0.15, 0.2) is 0 Å². The van der Waals surface area contributed by atoms with E-state index in [1.165, 1.54) is 22.8 Å². The van der Waals surface area contributed by atoms with Gasteiger partial charge in [0.1, 0.15) is 0 Å². The molecule has 1 heterocycles. The fraction of sp³-hybridized carbons (Fsp3) is 0.375. The topological polar surface area (TPSA) is 55.1 Å². The van der Waals surface area contributed by atoms with Crippen LogP contribution < -0.4 is 11.1 Å². The number of rotatable bonds is 4. The van der Waals surface area contributed by atoms with Crippen LogP contribution >= 0.6 is 11.3 Å². The fourth-order valence-electron chi connectivity index (χ4n) is 0.930. The molecule has 0 atom stereocenters. The van der Waals surface area contributed by atoms with Crippen LogP contribution in [-0.4, -0.2) is 18.6 Å². The predicted molar refractivity (Wildman–Crippen MR) is 50.6 cm³/mol. The van der Waals surface area contributed by atoms with Gasteiger partial charge in [-0.25, -0.2) is 0 Å². The smallest absolute Gasteiger partial charge is 0.366 e. The van der Waals surface area contributed by atoms with Crippen molar-refractivity contribution in [3.8, 4) is 0 Å². The number of thiophene rings is 1. The van der Waals surface area contributed by atoms with Crippen LogP contribution in [0.3, 0.4) is 0 Å². The molecule has 0 aromatic carbocycles. The summed E-state index contributed by atoms with van der Waals surface area (Å²) in [6, 6.07) is 1.48. The molecule has 0 aliphatic carbocycles. The number of hydrogen-bond donors (Lipinski definition) is 2. The third-order valence-electron chi connectivity index (χ3n) is 1.56. The summed E-state index contributed by atoms with van der Waals surface area (Å²) in [5.74, 6) is -0.576. The van der Waals surface area contributed by atoms with Gasteiger partial charge in [-0.05, 0) is 6.07 Å². The largest absolute Gasteiger partial charge is 0.401 e. The molecule has 84 valence electrons. The third kappa shape index (κ3) is 4.30. The van der Waals surface area contributed by atoms with Crippen LogP contribution in [0.15, 0.2) is 11.4 Å². The molecule has 15 heavy (non-hydrogen) atoms.